The molecule has 1 aromatic heterocycles. The molecule has 2 aromatic carbocycles. The second-order valence-electron chi connectivity index (χ2n) is 7.41. The third-order valence-corrected chi connectivity index (χ3v) is 5.68. The molecule has 0 unspecified atom stereocenters. The minimum absolute atomic E-state index is 0.505. The third kappa shape index (κ3) is 4.92. The molecule has 0 bridgehead atoms. The molecule has 0 radical (unpaired) electrons. The molecule has 1 aliphatic rings. The molecule has 8 nitrogen and oxygen atoms in total. The highest BCUT2D eigenvalue weighted by molar-refractivity contribution is 6.33. The summed E-state index contributed by atoms with van der Waals surface area (Å²) in [5, 5.41) is 4.63. The summed E-state index contributed by atoms with van der Waals surface area (Å²) in [5.41, 5.74) is 1.43. The van der Waals surface area contributed by atoms with Crippen molar-refractivity contribution in [3.8, 4) is 17.2 Å². The lowest BCUT2D eigenvalue weighted by molar-refractivity contribution is 0.0747. The van der Waals surface area contributed by atoms with E-state index in [9.17, 15) is 0 Å². The molecule has 1 saturated heterocycles. The number of methoxy groups -OCH3 is 2. The van der Waals surface area contributed by atoms with Gasteiger partial charge in [0.2, 0.25) is 0 Å². The highest BCUT2D eigenvalue weighted by Gasteiger charge is 2.17. The van der Waals surface area contributed by atoms with Gasteiger partial charge in [-0.15, -0.1) is 0 Å². The quantitative estimate of drug-likeness (QED) is 0.593. The predicted octanol–water partition coefficient (Wildman–Crippen LogP) is 3.63. The van der Waals surface area contributed by atoms with Crippen molar-refractivity contribution in [2.75, 3.05) is 59.5 Å². The highest BCUT2D eigenvalue weighted by Crippen LogP contribution is 2.36. The molecule has 164 valence electrons. The smallest absolute Gasteiger partial charge is 0.165 e. The number of halogens is 1. The van der Waals surface area contributed by atoms with Crippen LogP contribution in [0.2, 0.25) is 5.02 Å². The minimum Gasteiger partial charge on any atom is -0.497 e. The zero-order chi connectivity index (χ0) is 21.8. The molecular weight excluding hydrogens is 418 g/mol. The Morgan fingerprint density at radius 2 is 1.81 bits per heavy atom. The van der Waals surface area contributed by atoms with Crippen LogP contribution in [0.5, 0.6) is 17.2 Å². The molecule has 3 aromatic rings. The Kier molecular flexibility index (Phi) is 6.60. The van der Waals surface area contributed by atoms with Gasteiger partial charge >= 0.3 is 0 Å². The summed E-state index contributed by atoms with van der Waals surface area (Å²) in [6.07, 6.45) is 1.51. The van der Waals surface area contributed by atoms with Crippen LogP contribution in [0.25, 0.3) is 10.9 Å². The number of nitrogens with zero attached hydrogens (tertiary/aromatic N) is 4. The summed E-state index contributed by atoms with van der Waals surface area (Å²) in [7, 11) is 5.37. The maximum atomic E-state index is 6.35. The first-order chi connectivity index (χ1) is 15.1. The van der Waals surface area contributed by atoms with Crippen LogP contribution in [-0.4, -0.2) is 73.9 Å². The molecule has 2 heterocycles. The first kappa shape index (κ1) is 21.4. The molecule has 0 saturated carbocycles. The van der Waals surface area contributed by atoms with Gasteiger partial charge in [-0.25, -0.2) is 9.97 Å². The van der Waals surface area contributed by atoms with Gasteiger partial charge in [0, 0.05) is 43.7 Å². The number of ether oxygens (including phenoxy) is 3. The van der Waals surface area contributed by atoms with Crippen molar-refractivity contribution in [1.82, 2.24) is 19.8 Å². The van der Waals surface area contributed by atoms with Crippen LogP contribution in [0.15, 0.2) is 36.7 Å². The number of likely N-dealkylation sites (N-methyl/N-ethyl adjacent to an activating group) is 1. The van der Waals surface area contributed by atoms with E-state index in [-0.39, 0.29) is 0 Å². The molecule has 9 heteroatoms. The zero-order valence-electron chi connectivity index (χ0n) is 17.9. The van der Waals surface area contributed by atoms with E-state index in [2.05, 4.69) is 32.1 Å². The Balaban J connectivity index is 1.59. The van der Waals surface area contributed by atoms with Crippen molar-refractivity contribution in [1.29, 1.82) is 0 Å². The fraction of sp³-hybridized carbons (Fsp3) is 0.364. The van der Waals surface area contributed by atoms with Gasteiger partial charge in [-0.3, -0.25) is 4.90 Å². The standard InChI is InChI=1S/C22H26ClN5O3/c1-27-6-8-28(9-7-27)14-31-21-12-18-16(11-20(21)30-3)22(25-13-24-18)26-19-10-15(29-2)4-5-17(19)23/h4-5,10-13H,6-9,14H2,1-3H3,(H,24,25,26). The average molecular weight is 444 g/mol. The maximum Gasteiger partial charge on any atom is 0.165 e. The average Bonchev–Trinajstić information content (AvgIpc) is 2.79. The lowest BCUT2D eigenvalue weighted by Crippen LogP contribution is -2.45. The second kappa shape index (κ2) is 9.55. The minimum atomic E-state index is 0.505. The first-order valence-corrected chi connectivity index (χ1v) is 10.4. The van der Waals surface area contributed by atoms with Crippen LogP contribution < -0.4 is 19.5 Å². The zero-order valence-corrected chi connectivity index (χ0v) is 18.6. The lowest BCUT2D eigenvalue weighted by Gasteiger charge is -2.32. The fourth-order valence-electron chi connectivity index (χ4n) is 3.43. The molecule has 1 fully saturated rings. The number of aromatic nitrogens is 2. The number of nitrogens with one attached hydrogen (secondary N) is 1. The van der Waals surface area contributed by atoms with Crippen LogP contribution >= 0.6 is 11.6 Å². The second-order valence-corrected chi connectivity index (χ2v) is 7.82. The van der Waals surface area contributed by atoms with Crippen LogP contribution in [0.4, 0.5) is 11.5 Å². The van der Waals surface area contributed by atoms with Crippen molar-refractivity contribution in [2.45, 2.75) is 0 Å². The van der Waals surface area contributed by atoms with Gasteiger partial charge in [0.25, 0.3) is 0 Å². The number of piperazine rings is 1. The number of hydrogen-bond donors (Lipinski definition) is 1. The summed E-state index contributed by atoms with van der Waals surface area (Å²) >= 11 is 6.35. The fourth-order valence-corrected chi connectivity index (χ4v) is 3.59. The summed E-state index contributed by atoms with van der Waals surface area (Å²) in [6.45, 7) is 4.53. The lowest BCUT2D eigenvalue weighted by atomic mass is 10.2. The summed E-state index contributed by atoms with van der Waals surface area (Å²) < 4.78 is 17.0. The number of benzene rings is 2. The van der Waals surface area contributed by atoms with Crippen molar-refractivity contribution < 1.29 is 14.2 Å². The van der Waals surface area contributed by atoms with Crippen LogP contribution in [-0.2, 0) is 0 Å². The van der Waals surface area contributed by atoms with Crippen LogP contribution in [0.1, 0.15) is 0 Å². The van der Waals surface area contributed by atoms with Gasteiger partial charge < -0.3 is 24.4 Å². The Hall–Kier alpha value is -2.81. The maximum absolute atomic E-state index is 6.35. The highest BCUT2D eigenvalue weighted by atomic mass is 35.5. The van der Waals surface area contributed by atoms with Gasteiger partial charge in [0.1, 0.15) is 24.6 Å². The SMILES string of the molecule is COc1ccc(Cl)c(Nc2ncnc3cc(OCN4CCN(C)CC4)c(OC)cc23)c1. The molecule has 0 spiro atoms. The molecule has 1 N–H and O–H groups in total. The topological polar surface area (TPSA) is 72.0 Å². The van der Waals surface area contributed by atoms with E-state index in [1.54, 1.807) is 26.4 Å². The van der Waals surface area contributed by atoms with Crippen molar-refractivity contribution in [3.63, 3.8) is 0 Å². The van der Waals surface area contributed by atoms with Gasteiger partial charge in [0.15, 0.2) is 11.5 Å². The van der Waals surface area contributed by atoms with Crippen LogP contribution in [0, 0.1) is 0 Å². The normalized spacial score (nSPS) is 15.1. The number of fused-ring (bicyclic) bond motifs is 1. The van der Waals surface area contributed by atoms with Crippen molar-refractivity contribution >= 4 is 34.0 Å². The van der Waals surface area contributed by atoms with E-state index in [0.717, 1.165) is 37.1 Å². The van der Waals surface area contributed by atoms with E-state index in [0.29, 0.717) is 40.5 Å². The Bertz CT molecular complexity index is 1060. The molecule has 31 heavy (non-hydrogen) atoms. The van der Waals surface area contributed by atoms with Gasteiger partial charge in [-0.1, -0.05) is 11.6 Å². The molecule has 0 aliphatic carbocycles. The molecule has 1 aliphatic heterocycles. The van der Waals surface area contributed by atoms with E-state index in [1.165, 1.54) is 6.33 Å². The number of anilines is 2. The number of hydrogen-bond acceptors (Lipinski definition) is 8. The molecule has 4 rings (SSSR count). The molecule has 0 amide bonds. The van der Waals surface area contributed by atoms with Crippen LogP contribution in [0.3, 0.4) is 0 Å². The van der Waals surface area contributed by atoms with Gasteiger partial charge in [0.05, 0.1) is 30.4 Å². The monoisotopic (exact) mass is 443 g/mol. The van der Waals surface area contributed by atoms with E-state index in [1.807, 2.05) is 18.2 Å². The first-order valence-electron chi connectivity index (χ1n) is 10.0. The van der Waals surface area contributed by atoms with E-state index >= 15 is 0 Å². The largest absolute Gasteiger partial charge is 0.497 e. The van der Waals surface area contributed by atoms with Crippen molar-refractivity contribution in [3.05, 3.63) is 41.7 Å². The van der Waals surface area contributed by atoms with Gasteiger partial charge in [-0.05, 0) is 25.2 Å². The predicted molar refractivity (Wildman–Crippen MR) is 122 cm³/mol. The summed E-state index contributed by atoms with van der Waals surface area (Å²) in [5.74, 6) is 2.58. The Labute approximate surface area is 186 Å². The van der Waals surface area contributed by atoms with Gasteiger partial charge in [-0.2, -0.15) is 0 Å². The summed E-state index contributed by atoms with van der Waals surface area (Å²) in [6, 6.07) is 9.16. The third-order valence-electron chi connectivity index (χ3n) is 5.35. The summed E-state index contributed by atoms with van der Waals surface area (Å²) in [4.78, 5) is 13.4. The molecule has 0 atom stereocenters. The van der Waals surface area contributed by atoms with E-state index < -0.39 is 0 Å². The number of rotatable bonds is 7. The Morgan fingerprint density at radius 1 is 1.00 bits per heavy atom. The van der Waals surface area contributed by atoms with Crippen molar-refractivity contribution in [2.24, 2.45) is 0 Å². The Morgan fingerprint density at radius 3 is 2.55 bits per heavy atom. The molecular formula is C22H26ClN5O3. The van der Waals surface area contributed by atoms with E-state index in [4.69, 9.17) is 25.8 Å².